The number of carbonyl (C=O) groups is 1. The lowest BCUT2D eigenvalue weighted by atomic mass is 10.1. The highest BCUT2D eigenvalue weighted by Crippen LogP contribution is 2.41. The Labute approximate surface area is 126 Å². The van der Waals surface area contributed by atoms with Gasteiger partial charge in [-0.25, -0.2) is 0 Å². The average Bonchev–Trinajstić information content (AvgIpc) is 3.17. The molecule has 1 aromatic carbocycles. The normalized spacial score (nSPS) is 17.9. The Hall–Kier alpha value is -2.21. The van der Waals surface area contributed by atoms with Crippen LogP contribution in [0.2, 0.25) is 0 Å². The molecule has 108 valence electrons. The first-order chi connectivity index (χ1) is 10.2. The van der Waals surface area contributed by atoms with Gasteiger partial charge in [0.2, 0.25) is 0 Å². The first kappa shape index (κ1) is 13.8. The molecule has 0 bridgehead atoms. The van der Waals surface area contributed by atoms with Crippen LogP contribution in [0.3, 0.4) is 0 Å². The fourth-order valence-electron chi connectivity index (χ4n) is 2.83. The molecule has 1 saturated heterocycles. The molecule has 0 spiro atoms. The van der Waals surface area contributed by atoms with Crippen LogP contribution in [0.5, 0.6) is 0 Å². The van der Waals surface area contributed by atoms with E-state index in [1.807, 2.05) is 11.4 Å². The highest BCUT2D eigenvalue weighted by atomic mass is 32.1. The number of nitro groups is 1. The first-order valence-electron chi connectivity index (χ1n) is 6.74. The number of aldehydes is 1. The van der Waals surface area contributed by atoms with E-state index in [9.17, 15) is 14.9 Å². The predicted molar refractivity (Wildman–Crippen MR) is 82.1 cm³/mol. The molecular weight excluding hydrogens is 288 g/mol. The summed E-state index contributed by atoms with van der Waals surface area (Å²) in [6.45, 7) is 0.795. The molecule has 0 unspecified atom stereocenters. The second-order valence-corrected chi connectivity index (χ2v) is 5.97. The molecule has 5 nitrogen and oxygen atoms in total. The summed E-state index contributed by atoms with van der Waals surface area (Å²) in [5, 5.41) is 13.3. The predicted octanol–water partition coefficient (Wildman–Crippen LogP) is 3.81. The molecule has 1 aliphatic rings. The third kappa shape index (κ3) is 2.54. The number of thiophene rings is 1. The summed E-state index contributed by atoms with van der Waals surface area (Å²) in [5.41, 5.74) is 0.932. The topological polar surface area (TPSA) is 63.5 Å². The van der Waals surface area contributed by atoms with Crippen LogP contribution in [0, 0.1) is 10.1 Å². The highest BCUT2D eigenvalue weighted by Gasteiger charge is 2.31. The molecule has 0 radical (unpaired) electrons. The molecule has 0 aliphatic carbocycles. The average molecular weight is 302 g/mol. The Morgan fingerprint density at radius 2 is 2.24 bits per heavy atom. The van der Waals surface area contributed by atoms with Crippen molar-refractivity contribution in [3.63, 3.8) is 0 Å². The molecule has 1 aliphatic heterocycles. The molecule has 0 amide bonds. The lowest BCUT2D eigenvalue weighted by Crippen LogP contribution is -2.22. The van der Waals surface area contributed by atoms with Gasteiger partial charge in [0.15, 0.2) is 0 Å². The van der Waals surface area contributed by atoms with E-state index >= 15 is 0 Å². The molecule has 1 fully saturated rings. The molecule has 1 atom stereocenters. The van der Waals surface area contributed by atoms with E-state index in [0.717, 1.165) is 19.4 Å². The smallest absolute Gasteiger partial charge is 0.293 e. The van der Waals surface area contributed by atoms with Crippen LogP contribution in [-0.4, -0.2) is 17.8 Å². The minimum atomic E-state index is -0.411. The number of rotatable bonds is 4. The van der Waals surface area contributed by atoms with Gasteiger partial charge in [-0.2, -0.15) is 0 Å². The van der Waals surface area contributed by atoms with Crippen LogP contribution in [-0.2, 0) is 0 Å². The van der Waals surface area contributed by atoms with Gasteiger partial charge in [0, 0.05) is 23.1 Å². The second-order valence-electron chi connectivity index (χ2n) is 4.99. The Morgan fingerprint density at radius 3 is 2.90 bits per heavy atom. The summed E-state index contributed by atoms with van der Waals surface area (Å²) in [5.74, 6) is 0. The maximum Gasteiger partial charge on any atom is 0.293 e. The molecule has 21 heavy (non-hydrogen) atoms. The minimum absolute atomic E-state index is 0.00283. The summed E-state index contributed by atoms with van der Waals surface area (Å²) < 4.78 is 0. The van der Waals surface area contributed by atoms with Crippen LogP contribution in [0.1, 0.15) is 34.1 Å². The number of hydrogen-bond acceptors (Lipinski definition) is 5. The Balaban J connectivity index is 2.03. The van der Waals surface area contributed by atoms with Gasteiger partial charge in [-0.1, -0.05) is 6.07 Å². The number of carbonyl (C=O) groups excluding carboxylic acids is 1. The van der Waals surface area contributed by atoms with Crippen molar-refractivity contribution in [1.29, 1.82) is 0 Å². The van der Waals surface area contributed by atoms with Gasteiger partial charge in [0.05, 0.1) is 11.0 Å². The van der Waals surface area contributed by atoms with Gasteiger partial charge in [-0.3, -0.25) is 14.9 Å². The Morgan fingerprint density at radius 1 is 1.38 bits per heavy atom. The van der Waals surface area contributed by atoms with Crippen molar-refractivity contribution in [3.8, 4) is 0 Å². The van der Waals surface area contributed by atoms with E-state index in [0.29, 0.717) is 17.5 Å². The molecule has 1 aromatic heterocycles. The van der Waals surface area contributed by atoms with Gasteiger partial charge in [-0.05, 0) is 36.4 Å². The van der Waals surface area contributed by atoms with Crippen molar-refractivity contribution in [2.24, 2.45) is 0 Å². The molecule has 2 heterocycles. The molecule has 0 saturated carbocycles. The van der Waals surface area contributed by atoms with Crippen LogP contribution in [0.25, 0.3) is 0 Å². The number of nitrogens with zero attached hydrogens (tertiary/aromatic N) is 2. The van der Waals surface area contributed by atoms with Gasteiger partial charge < -0.3 is 4.90 Å². The molecule has 0 N–H and O–H groups in total. The van der Waals surface area contributed by atoms with Gasteiger partial charge in [0.25, 0.3) is 5.69 Å². The van der Waals surface area contributed by atoms with Crippen LogP contribution in [0.4, 0.5) is 11.4 Å². The van der Waals surface area contributed by atoms with E-state index < -0.39 is 4.92 Å². The summed E-state index contributed by atoms with van der Waals surface area (Å²) >= 11 is 1.67. The third-order valence-corrected chi connectivity index (χ3v) is 4.74. The number of benzene rings is 1. The number of nitro benzene ring substituents is 1. The van der Waals surface area contributed by atoms with Crippen molar-refractivity contribution >= 4 is 29.0 Å². The second kappa shape index (κ2) is 5.65. The Kier molecular flexibility index (Phi) is 3.70. The summed E-state index contributed by atoms with van der Waals surface area (Å²) in [6.07, 6.45) is 2.64. The van der Waals surface area contributed by atoms with Crippen LogP contribution in [0.15, 0.2) is 35.7 Å². The molecule has 6 heteroatoms. The lowest BCUT2D eigenvalue weighted by molar-refractivity contribution is -0.384. The van der Waals surface area contributed by atoms with Crippen LogP contribution >= 0.6 is 11.3 Å². The fourth-order valence-corrected chi connectivity index (χ4v) is 3.71. The summed E-state index contributed by atoms with van der Waals surface area (Å²) in [6, 6.07) is 8.93. The monoisotopic (exact) mass is 302 g/mol. The van der Waals surface area contributed by atoms with E-state index in [4.69, 9.17) is 0 Å². The van der Waals surface area contributed by atoms with Gasteiger partial charge in [0.1, 0.15) is 12.0 Å². The number of hydrogen-bond donors (Lipinski definition) is 0. The van der Waals surface area contributed by atoms with Gasteiger partial charge >= 0.3 is 0 Å². The summed E-state index contributed by atoms with van der Waals surface area (Å²) in [7, 11) is 0. The lowest BCUT2D eigenvalue weighted by Gasteiger charge is -2.25. The maximum atomic E-state index is 11.3. The molecule has 2 aromatic rings. The van der Waals surface area contributed by atoms with Gasteiger partial charge in [-0.15, -0.1) is 11.3 Å². The quantitative estimate of drug-likeness (QED) is 0.489. The van der Waals surface area contributed by atoms with E-state index in [1.54, 1.807) is 23.5 Å². The zero-order chi connectivity index (χ0) is 14.8. The largest absolute Gasteiger partial charge is 0.358 e. The summed E-state index contributed by atoms with van der Waals surface area (Å²) in [4.78, 5) is 25.0. The van der Waals surface area contributed by atoms with E-state index in [1.165, 1.54) is 10.9 Å². The minimum Gasteiger partial charge on any atom is -0.358 e. The highest BCUT2D eigenvalue weighted by molar-refractivity contribution is 7.10. The number of anilines is 1. The zero-order valence-electron chi connectivity index (χ0n) is 11.3. The van der Waals surface area contributed by atoms with Crippen molar-refractivity contribution in [1.82, 2.24) is 0 Å². The van der Waals surface area contributed by atoms with Crippen molar-refractivity contribution in [3.05, 3.63) is 56.3 Å². The standard InChI is InChI=1S/C15H14N2O3S/c18-10-11-5-6-12(14(9-11)17(19)20)16-7-1-3-13(16)15-4-2-8-21-15/h2,4-6,8-10,13H,1,3,7H2/t13-/m1/s1. The fraction of sp³-hybridized carbons (Fsp3) is 0.267. The Bertz CT molecular complexity index is 670. The zero-order valence-corrected chi connectivity index (χ0v) is 12.1. The van der Waals surface area contributed by atoms with Crippen molar-refractivity contribution in [2.45, 2.75) is 18.9 Å². The van der Waals surface area contributed by atoms with E-state index in [-0.39, 0.29) is 11.7 Å². The first-order valence-corrected chi connectivity index (χ1v) is 7.62. The van der Waals surface area contributed by atoms with Crippen molar-refractivity contribution < 1.29 is 9.72 Å². The SMILES string of the molecule is O=Cc1ccc(N2CCC[C@@H]2c2cccs2)c([N+](=O)[O-])c1. The third-order valence-electron chi connectivity index (χ3n) is 3.77. The van der Waals surface area contributed by atoms with Crippen molar-refractivity contribution in [2.75, 3.05) is 11.4 Å². The maximum absolute atomic E-state index is 11.3. The molecular formula is C15H14N2O3S. The molecule has 3 rings (SSSR count). The van der Waals surface area contributed by atoms with E-state index in [2.05, 4.69) is 11.0 Å². The van der Waals surface area contributed by atoms with Crippen LogP contribution < -0.4 is 4.90 Å².